The van der Waals surface area contributed by atoms with E-state index >= 15 is 0 Å². The Kier molecular flexibility index (Phi) is 3.30. The molecule has 0 amide bonds. The summed E-state index contributed by atoms with van der Waals surface area (Å²) in [6, 6.07) is 10.9. The van der Waals surface area contributed by atoms with Gasteiger partial charge in [0.05, 0.1) is 5.92 Å². The Bertz CT molecular complexity index is 571. The average Bonchev–Trinajstić information content (AvgIpc) is 2.88. The Hall–Kier alpha value is -2.10. The lowest BCUT2D eigenvalue weighted by atomic mass is 9.91. The van der Waals surface area contributed by atoms with Crippen LogP contribution in [0.2, 0.25) is 0 Å². The number of rotatable bonds is 2. The Morgan fingerprint density at radius 3 is 2.60 bits per heavy atom. The normalized spacial score (nSPS) is 24.5. The Morgan fingerprint density at radius 2 is 1.95 bits per heavy atom. The summed E-state index contributed by atoms with van der Waals surface area (Å²) >= 11 is 0. The molecule has 4 nitrogen and oxygen atoms in total. The quantitative estimate of drug-likeness (QED) is 0.894. The second-order valence-corrected chi connectivity index (χ2v) is 5.41. The van der Waals surface area contributed by atoms with Gasteiger partial charge in [-0.05, 0) is 25.0 Å². The van der Waals surface area contributed by atoms with E-state index in [2.05, 4.69) is 64.5 Å². The largest absolute Gasteiger partial charge is 0.376 e. The van der Waals surface area contributed by atoms with Gasteiger partial charge in [0.15, 0.2) is 0 Å². The van der Waals surface area contributed by atoms with Crippen molar-refractivity contribution in [2.45, 2.75) is 26.1 Å². The van der Waals surface area contributed by atoms with Crippen LogP contribution in [0.5, 0.6) is 0 Å². The number of benzene rings is 1. The minimum absolute atomic E-state index is 0.116. The third-order valence-corrected chi connectivity index (χ3v) is 3.90. The lowest BCUT2D eigenvalue weighted by Crippen LogP contribution is -2.43. The van der Waals surface area contributed by atoms with Gasteiger partial charge in [-0.1, -0.05) is 30.3 Å². The number of aliphatic imine (C=N–C) groups is 2. The highest BCUT2D eigenvalue weighted by Gasteiger charge is 2.40. The van der Waals surface area contributed by atoms with Gasteiger partial charge < -0.3 is 10.2 Å². The van der Waals surface area contributed by atoms with Crippen molar-refractivity contribution in [3.05, 3.63) is 42.1 Å². The fourth-order valence-electron chi connectivity index (χ4n) is 2.90. The number of amidine groups is 1. The second kappa shape index (κ2) is 5.12. The van der Waals surface area contributed by atoms with E-state index in [-0.39, 0.29) is 12.1 Å². The molecule has 0 aromatic heterocycles. The molecule has 2 atom stereocenters. The molecule has 3 rings (SSSR count). The van der Waals surface area contributed by atoms with Crippen LogP contribution in [-0.2, 0) is 0 Å². The van der Waals surface area contributed by atoms with Crippen molar-refractivity contribution in [3.63, 3.8) is 0 Å². The zero-order valence-corrected chi connectivity index (χ0v) is 12.1. The number of hydrogen-bond donors (Lipinski definition) is 1. The highest BCUT2D eigenvalue weighted by molar-refractivity contribution is 6.01. The van der Waals surface area contributed by atoms with Crippen LogP contribution in [-0.4, -0.2) is 36.3 Å². The van der Waals surface area contributed by atoms with Crippen molar-refractivity contribution in [1.29, 1.82) is 0 Å². The van der Waals surface area contributed by atoms with Crippen molar-refractivity contribution < 1.29 is 0 Å². The van der Waals surface area contributed by atoms with E-state index in [1.807, 2.05) is 13.1 Å². The van der Waals surface area contributed by atoms with Gasteiger partial charge in [0, 0.05) is 19.3 Å². The first-order valence-corrected chi connectivity index (χ1v) is 7.04. The summed E-state index contributed by atoms with van der Waals surface area (Å²) < 4.78 is 0. The maximum Gasteiger partial charge on any atom is 0.136 e. The SMILES string of the molecule is CNC1=NC=NC2C1C(c1ccccc1)=CN2C(C)C. The molecule has 2 aliphatic rings. The molecular weight excluding hydrogens is 248 g/mol. The van der Waals surface area contributed by atoms with Gasteiger partial charge in [-0.25, -0.2) is 9.98 Å². The Balaban J connectivity index is 2.05. The van der Waals surface area contributed by atoms with Crippen LogP contribution in [0.1, 0.15) is 19.4 Å². The van der Waals surface area contributed by atoms with Crippen molar-refractivity contribution in [2.75, 3.05) is 7.05 Å². The molecule has 0 aliphatic carbocycles. The van der Waals surface area contributed by atoms with Crippen molar-refractivity contribution in [3.8, 4) is 0 Å². The highest BCUT2D eigenvalue weighted by Crippen LogP contribution is 2.38. The van der Waals surface area contributed by atoms with Crippen LogP contribution in [0.3, 0.4) is 0 Å². The number of hydrogen-bond acceptors (Lipinski definition) is 4. The van der Waals surface area contributed by atoms with Crippen molar-refractivity contribution >= 4 is 17.7 Å². The molecule has 20 heavy (non-hydrogen) atoms. The zero-order chi connectivity index (χ0) is 14.1. The van der Waals surface area contributed by atoms with Crippen LogP contribution in [0.15, 0.2) is 46.5 Å². The molecule has 0 saturated heterocycles. The van der Waals surface area contributed by atoms with Crippen molar-refractivity contribution in [2.24, 2.45) is 15.9 Å². The summed E-state index contributed by atoms with van der Waals surface area (Å²) in [5.41, 5.74) is 2.53. The first-order chi connectivity index (χ1) is 9.72. The summed E-state index contributed by atoms with van der Waals surface area (Å²) in [5, 5.41) is 3.23. The molecule has 0 fully saturated rings. The molecule has 2 unspecified atom stereocenters. The topological polar surface area (TPSA) is 40.0 Å². The van der Waals surface area contributed by atoms with Gasteiger partial charge in [0.25, 0.3) is 0 Å². The minimum atomic E-state index is 0.116. The van der Waals surface area contributed by atoms with E-state index in [4.69, 9.17) is 0 Å². The van der Waals surface area contributed by atoms with Gasteiger partial charge in [-0.3, -0.25) is 0 Å². The fraction of sp³-hybridized carbons (Fsp3) is 0.375. The number of nitrogens with one attached hydrogen (secondary N) is 1. The van der Waals surface area contributed by atoms with E-state index < -0.39 is 0 Å². The molecule has 4 heteroatoms. The van der Waals surface area contributed by atoms with E-state index in [0.29, 0.717) is 6.04 Å². The summed E-state index contributed by atoms with van der Waals surface area (Å²) in [6.45, 7) is 4.39. The molecule has 0 radical (unpaired) electrons. The van der Waals surface area contributed by atoms with Crippen molar-refractivity contribution in [1.82, 2.24) is 10.2 Å². The van der Waals surface area contributed by atoms with Gasteiger partial charge in [0.1, 0.15) is 18.3 Å². The molecule has 2 heterocycles. The van der Waals surface area contributed by atoms with E-state index in [9.17, 15) is 0 Å². The van der Waals surface area contributed by atoms with Crippen LogP contribution >= 0.6 is 0 Å². The monoisotopic (exact) mass is 268 g/mol. The van der Waals surface area contributed by atoms with Crippen LogP contribution in [0.25, 0.3) is 5.57 Å². The molecule has 1 N–H and O–H groups in total. The maximum absolute atomic E-state index is 4.59. The molecular formula is C16H20N4. The molecule has 2 aliphatic heterocycles. The van der Waals surface area contributed by atoms with E-state index in [1.165, 1.54) is 11.1 Å². The van der Waals surface area contributed by atoms with E-state index in [1.54, 1.807) is 6.34 Å². The smallest absolute Gasteiger partial charge is 0.136 e. The number of nitrogens with zero attached hydrogens (tertiary/aromatic N) is 3. The molecule has 0 spiro atoms. The molecule has 0 bridgehead atoms. The Labute approximate surface area is 119 Å². The van der Waals surface area contributed by atoms with Gasteiger partial charge >= 0.3 is 0 Å². The number of fused-ring (bicyclic) bond motifs is 1. The first-order valence-electron chi connectivity index (χ1n) is 7.04. The Morgan fingerprint density at radius 1 is 1.20 bits per heavy atom. The molecule has 0 saturated carbocycles. The van der Waals surface area contributed by atoms with E-state index in [0.717, 1.165) is 5.84 Å². The molecule has 1 aromatic carbocycles. The predicted molar refractivity (Wildman–Crippen MR) is 83.7 cm³/mol. The van der Waals surface area contributed by atoms with Gasteiger partial charge in [0.2, 0.25) is 0 Å². The zero-order valence-electron chi connectivity index (χ0n) is 12.1. The lowest BCUT2D eigenvalue weighted by molar-refractivity contribution is 0.238. The minimum Gasteiger partial charge on any atom is -0.376 e. The van der Waals surface area contributed by atoms with Crippen LogP contribution in [0, 0.1) is 5.92 Å². The summed E-state index contributed by atoms with van der Waals surface area (Å²) in [7, 11) is 1.93. The standard InChI is InChI=1S/C16H20N4/c1-11(2)20-9-13(12-7-5-4-6-8-12)14-15(17-3)18-10-19-16(14)20/h4-11,14,16H,1-3H3,(H,17,18,19). The molecule has 104 valence electrons. The summed E-state index contributed by atoms with van der Waals surface area (Å²) in [6.07, 6.45) is 4.03. The summed E-state index contributed by atoms with van der Waals surface area (Å²) in [4.78, 5) is 11.3. The fourth-order valence-corrected chi connectivity index (χ4v) is 2.90. The average molecular weight is 268 g/mol. The third kappa shape index (κ3) is 2.01. The molecule has 1 aromatic rings. The predicted octanol–water partition coefficient (Wildman–Crippen LogP) is 2.35. The van der Waals surface area contributed by atoms with Crippen LogP contribution < -0.4 is 5.32 Å². The van der Waals surface area contributed by atoms with Gasteiger partial charge in [-0.2, -0.15) is 0 Å². The van der Waals surface area contributed by atoms with Gasteiger partial charge in [-0.15, -0.1) is 0 Å². The maximum atomic E-state index is 4.59. The third-order valence-electron chi connectivity index (χ3n) is 3.90. The van der Waals surface area contributed by atoms with Crippen LogP contribution in [0.4, 0.5) is 0 Å². The summed E-state index contributed by atoms with van der Waals surface area (Å²) in [5.74, 6) is 1.18. The lowest BCUT2D eigenvalue weighted by Gasteiger charge is -2.31. The first kappa shape index (κ1) is 12.9. The highest BCUT2D eigenvalue weighted by atomic mass is 15.3. The second-order valence-electron chi connectivity index (χ2n) is 5.41.